The molecule has 0 bridgehead atoms. The molecule has 37 heavy (non-hydrogen) atoms. The molecule has 192 valence electrons. The van der Waals surface area contributed by atoms with E-state index in [1.54, 1.807) is 12.4 Å². The van der Waals surface area contributed by atoms with Gasteiger partial charge in [-0.25, -0.2) is 20.0 Å². The Kier molecular flexibility index (Phi) is 7.52. The van der Waals surface area contributed by atoms with Crippen LogP contribution in [0.5, 0.6) is 0 Å². The van der Waals surface area contributed by atoms with Crippen LogP contribution in [0.15, 0.2) is 72.3 Å². The Morgan fingerprint density at radius 2 is 2.03 bits per heavy atom. The van der Waals surface area contributed by atoms with Crippen LogP contribution in [0.25, 0.3) is 5.57 Å². The Morgan fingerprint density at radius 1 is 1.19 bits per heavy atom. The van der Waals surface area contributed by atoms with Crippen LogP contribution in [-0.2, 0) is 4.79 Å². The largest absolute Gasteiger partial charge is 0.332 e. The van der Waals surface area contributed by atoms with Crippen molar-refractivity contribution in [1.29, 1.82) is 0 Å². The third-order valence-corrected chi connectivity index (χ3v) is 7.09. The van der Waals surface area contributed by atoms with Crippen LogP contribution < -0.4 is 5.43 Å². The molecule has 1 amide bonds. The molecule has 1 unspecified atom stereocenters. The molecule has 5 rings (SSSR count). The van der Waals surface area contributed by atoms with Gasteiger partial charge in [-0.05, 0) is 43.7 Å². The molecule has 1 atom stereocenters. The lowest BCUT2D eigenvalue weighted by atomic mass is 9.97. The molecule has 1 fully saturated rings. The van der Waals surface area contributed by atoms with E-state index in [2.05, 4.69) is 62.1 Å². The van der Waals surface area contributed by atoms with E-state index in [0.717, 1.165) is 48.7 Å². The van der Waals surface area contributed by atoms with Crippen LogP contribution in [0.4, 0.5) is 5.95 Å². The summed E-state index contributed by atoms with van der Waals surface area (Å²) >= 11 is 0. The summed E-state index contributed by atoms with van der Waals surface area (Å²) in [4.78, 5) is 35.9. The van der Waals surface area contributed by atoms with Crippen molar-refractivity contribution >= 4 is 23.1 Å². The molecule has 9 heteroatoms. The summed E-state index contributed by atoms with van der Waals surface area (Å²) in [7, 11) is 0. The number of carbonyl (C=O) groups is 1. The summed E-state index contributed by atoms with van der Waals surface area (Å²) < 4.78 is 0. The number of pyridine rings is 1. The van der Waals surface area contributed by atoms with E-state index < -0.39 is 0 Å². The first kappa shape index (κ1) is 25.0. The van der Waals surface area contributed by atoms with Crippen molar-refractivity contribution in [3.05, 3.63) is 78.6 Å². The third-order valence-electron chi connectivity index (χ3n) is 7.09. The zero-order valence-electron chi connectivity index (χ0n) is 21.7. The van der Waals surface area contributed by atoms with E-state index in [4.69, 9.17) is 0 Å². The second-order valence-electron chi connectivity index (χ2n) is 9.76. The Labute approximate surface area is 218 Å². The van der Waals surface area contributed by atoms with E-state index in [-0.39, 0.29) is 17.9 Å². The fourth-order valence-electron chi connectivity index (χ4n) is 4.87. The van der Waals surface area contributed by atoms with E-state index in [1.807, 2.05) is 53.7 Å². The number of aromatic nitrogens is 3. The molecular formula is C28H34N8O. The highest BCUT2D eigenvalue weighted by Crippen LogP contribution is 2.29. The number of likely N-dealkylation sites (N-methyl/N-ethyl adjacent to an activating group) is 1. The summed E-state index contributed by atoms with van der Waals surface area (Å²) in [6, 6.07) is 6.30. The first-order valence-electron chi connectivity index (χ1n) is 12.9. The average Bonchev–Trinajstić information content (AvgIpc) is 3.43. The summed E-state index contributed by atoms with van der Waals surface area (Å²) in [5.41, 5.74) is 6.99. The molecular weight excluding hydrogens is 464 g/mol. The number of rotatable bonds is 6. The molecule has 3 aliphatic rings. The minimum Gasteiger partial charge on any atom is -0.332 e. The van der Waals surface area contributed by atoms with Crippen LogP contribution in [0.1, 0.15) is 38.1 Å². The fraction of sp³-hybridized carbons (Fsp3) is 0.393. The number of hydrogen-bond acceptors (Lipinski definition) is 8. The lowest BCUT2D eigenvalue weighted by molar-refractivity contribution is -0.138. The number of piperazine rings is 1. The molecule has 0 spiro atoms. The van der Waals surface area contributed by atoms with E-state index >= 15 is 0 Å². The highest BCUT2D eigenvalue weighted by atomic mass is 16.2. The van der Waals surface area contributed by atoms with Crippen molar-refractivity contribution in [2.45, 2.75) is 32.9 Å². The second-order valence-corrected chi connectivity index (χ2v) is 9.76. The van der Waals surface area contributed by atoms with E-state index in [9.17, 15) is 4.79 Å². The van der Waals surface area contributed by atoms with Crippen molar-refractivity contribution in [2.75, 3.05) is 32.7 Å². The Morgan fingerprint density at radius 3 is 2.73 bits per heavy atom. The van der Waals surface area contributed by atoms with Crippen LogP contribution >= 0.6 is 0 Å². The molecule has 4 heterocycles. The minimum absolute atomic E-state index is 0.0200. The summed E-state index contributed by atoms with van der Waals surface area (Å²) in [6.07, 6.45) is 15.0. The van der Waals surface area contributed by atoms with Gasteiger partial charge in [-0.2, -0.15) is 0 Å². The smallest absolute Gasteiger partial charge is 0.250 e. The lowest BCUT2D eigenvalue weighted by Crippen LogP contribution is -2.53. The van der Waals surface area contributed by atoms with E-state index in [0.29, 0.717) is 18.5 Å². The number of aliphatic imine (C=N–C) groups is 1. The predicted octanol–water partition coefficient (Wildman–Crippen LogP) is 3.16. The molecule has 0 saturated carbocycles. The first-order valence-corrected chi connectivity index (χ1v) is 12.9. The Balaban J connectivity index is 1.28. The minimum atomic E-state index is -0.328. The summed E-state index contributed by atoms with van der Waals surface area (Å²) in [5.74, 6) is 0.179. The van der Waals surface area contributed by atoms with Gasteiger partial charge in [0, 0.05) is 69.1 Å². The number of carbonyl (C=O) groups excluding carboxylic acids is 1. The second kappa shape index (κ2) is 11.1. The first-order chi connectivity index (χ1) is 18.0. The SMILES string of the molecule is CCN1CC(c2ccnc(N=C3C=CC(C(=O)N4CCN(C(C)C)CC4c4cccnc4)C=C3)n2)=CN1. The van der Waals surface area contributed by atoms with Gasteiger partial charge in [0.1, 0.15) is 0 Å². The van der Waals surface area contributed by atoms with Crippen molar-refractivity contribution in [3.8, 4) is 0 Å². The molecule has 2 aliphatic heterocycles. The van der Waals surface area contributed by atoms with Gasteiger partial charge in [0.25, 0.3) is 0 Å². The molecule has 1 saturated heterocycles. The normalized spacial score (nSPS) is 22.3. The van der Waals surface area contributed by atoms with Crippen molar-refractivity contribution < 1.29 is 4.79 Å². The third kappa shape index (κ3) is 5.68. The van der Waals surface area contributed by atoms with Gasteiger partial charge in [0.2, 0.25) is 11.9 Å². The van der Waals surface area contributed by atoms with Gasteiger partial charge in [0.05, 0.1) is 23.4 Å². The van der Waals surface area contributed by atoms with Crippen LogP contribution in [0.2, 0.25) is 0 Å². The van der Waals surface area contributed by atoms with Crippen LogP contribution in [0, 0.1) is 5.92 Å². The number of allylic oxidation sites excluding steroid dienone is 2. The zero-order chi connectivity index (χ0) is 25.8. The number of nitrogens with zero attached hydrogens (tertiary/aromatic N) is 7. The van der Waals surface area contributed by atoms with E-state index in [1.165, 1.54) is 0 Å². The Hall–Kier alpha value is -3.69. The highest BCUT2D eigenvalue weighted by molar-refractivity contribution is 6.07. The van der Waals surface area contributed by atoms with Crippen LogP contribution in [0.3, 0.4) is 0 Å². The maximum absolute atomic E-state index is 13.6. The standard InChI is InChI=1S/C28H34N8O/c1-4-35-18-23(17-31-35)25-11-13-30-28(33-25)32-24-9-7-21(8-10-24)27(37)36-15-14-34(20(2)3)19-26(36)22-6-5-12-29-16-22/h5-13,16-17,20-21,26,31H,4,14-15,18-19H2,1-3H3. The van der Waals surface area contributed by atoms with Gasteiger partial charge in [-0.1, -0.05) is 25.1 Å². The molecule has 1 aliphatic carbocycles. The number of hydrazine groups is 1. The number of nitrogens with one attached hydrogen (secondary N) is 1. The van der Waals surface area contributed by atoms with Gasteiger partial charge >= 0.3 is 0 Å². The topological polar surface area (TPSA) is 89.9 Å². The van der Waals surface area contributed by atoms with Gasteiger partial charge in [-0.3, -0.25) is 14.7 Å². The maximum Gasteiger partial charge on any atom is 0.250 e. The Bertz CT molecular complexity index is 1220. The quantitative estimate of drug-likeness (QED) is 0.654. The van der Waals surface area contributed by atoms with Crippen molar-refractivity contribution in [3.63, 3.8) is 0 Å². The van der Waals surface area contributed by atoms with Crippen LogP contribution in [-0.4, -0.2) is 80.1 Å². The summed E-state index contributed by atoms with van der Waals surface area (Å²) in [6.45, 7) is 10.6. The molecule has 2 aromatic rings. The monoisotopic (exact) mass is 498 g/mol. The van der Waals surface area contributed by atoms with Gasteiger partial charge in [-0.15, -0.1) is 0 Å². The molecule has 2 aromatic heterocycles. The molecule has 0 radical (unpaired) electrons. The zero-order valence-corrected chi connectivity index (χ0v) is 21.7. The summed E-state index contributed by atoms with van der Waals surface area (Å²) in [5, 5.41) is 2.11. The molecule has 9 nitrogen and oxygen atoms in total. The molecule has 1 N–H and O–H groups in total. The average molecular weight is 499 g/mol. The van der Waals surface area contributed by atoms with Crippen molar-refractivity contribution in [2.24, 2.45) is 10.9 Å². The number of amides is 1. The fourth-order valence-corrected chi connectivity index (χ4v) is 4.87. The van der Waals surface area contributed by atoms with Crippen molar-refractivity contribution in [1.82, 2.24) is 35.2 Å². The maximum atomic E-state index is 13.6. The van der Waals surface area contributed by atoms with Gasteiger partial charge < -0.3 is 10.3 Å². The predicted molar refractivity (Wildman–Crippen MR) is 145 cm³/mol. The van der Waals surface area contributed by atoms with Gasteiger partial charge in [0.15, 0.2) is 0 Å². The lowest BCUT2D eigenvalue weighted by Gasteiger charge is -2.44. The highest BCUT2D eigenvalue weighted by Gasteiger charge is 2.34. The molecule has 0 aromatic carbocycles. The number of hydrogen-bond donors (Lipinski definition) is 1.